The van der Waals surface area contributed by atoms with Crippen LogP contribution in [0.1, 0.15) is 46.5 Å². The second-order valence-corrected chi connectivity index (χ2v) is 14.9. The third kappa shape index (κ3) is 1.45. The Morgan fingerprint density at radius 2 is 1.59 bits per heavy atom. The molecule has 0 aromatic carbocycles. The maximum Gasteiger partial charge on any atom is 0.195 e. The Labute approximate surface area is 135 Å². The van der Waals surface area contributed by atoms with Crippen molar-refractivity contribution in [2.24, 2.45) is 29.1 Å². The first kappa shape index (κ1) is 14.2. The van der Waals surface area contributed by atoms with Crippen LogP contribution < -0.4 is 0 Å². The van der Waals surface area contributed by atoms with Crippen molar-refractivity contribution < 1.29 is 9.16 Å². The largest absolute Gasteiger partial charge is 0.389 e. The topological polar surface area (TPSA) is 18.5 Å². The van der Waals surface area contributed by atoms with E-state index in [-0.39, 0.29) is 10.8 Å². The van der Waals surface area contributed by atoms with Crippen molar-refractivity contribution in [2.45, 2.75) is 76.5 Å². The quantitative estimate of drug-likeness (QED) is 0.541. The molecule has 0 aromatic rings. The monoisotopic (exact) mass is 318 g/mol. The van der Waals surface area contributed by atoms with E-state index in [1.807, 2.05) is 0 Å². The fourth-order valence-corrected chi connectivity index (χ4v) is 7.50. The van der Waals surface area contributed by atoms with Crippen molar-refractivity contribution >= 4 is 8.32 Å². The zero-order valence-corrected chi connectivity index (χ0v) is 15.7. The first-order valence-corrected chi connectivity index (χ1v) is 12.2. The summed E-state index contributed by atoms with van der Waals surface area (Å²) in [5, 5.41) is 0.254. The molecule has 0 amide bonds. The summed E-state index contributed by atoms with van der Waals surface area (Å²) in [6.45, 7) is 11.8. The molecule has 2 saturated carbocycles. The summed E-state index contributed by atoms with van der Waals surface area (Å²) in [5.74, 6) is 2.50. The minimum atomic E-state index is -1.81. The zero-order valence-electron chi connectivity index (χ0n) is 14.7. The van der Waals surface area contributed by atoms with Crippen molar-refractivity contribution in [1.29, 1.82) is 0 Å². The van der Waals surface area contributed by atoms with Crippen LogP contribution in [0, 0.1) is 29.1 Å². The SMILES string of the molecule is CC(C)(C)[Si](C)(C)OC12OC3C[C@@H]1[C@H]1C=C[C@@H]([C@@H]2C3)C12CC2. The first-order chi connectivity index (χ1) is 10.2. The van der Waals surface area contributed by atoms with Crippen LogP contribution >= 0.6 is 0 Å². The van der Waals surface area contributed by atoms with Gasteiger partial charge in [-0.3, -0.25) is 0 Å². The Kier molecular flexibility index (Phi) is 2.43. The molecule has 5 rings (SSSR count). The van der Waals surface area contributed by atoms with Gasteiger partial charge in [0.05, 0.1) is 6.10 Å². The van der Waals surface area contributed by atoms with E-state index in [1.165, 1.54) is 25.7 Å². The summed E-state index contributed by atoms with van der Waals surface area (Å²) in [5.41, 5.74) is 0.633. The van der Waals surface area contributed by atoms with Gasteiger partial charge in [0.25, 0.3) is 0 Å². The van der Waals surface area contributed by atoms with Gasteiger partial charge < -0.3 is 9.16 Å². The van der Waals surface area contributed by atoms with Crippen LogP contribution in [0.4, 0.5) is 0 Å². The third-order valence-corrected chi connectivity index (χ3v) is 12.6. The molecular weight excluding hydrogens is 288 g/mol. The van der Waals surface area contributed by atoms with Crippen molar-refractivity contribution in [1.82, 2.24) is 0 Å². The molecule has 2 nitrogen and oxygen atoms in total. The molecule has 3 heteroatoms. The van der Waals surface area contributed by atoms with Crippen LogP contribution in [0.25, 0.3) is 0 Å². The third-order valence-electron chi connectivity index (χ3n) is 8.19. The van der Waals surface area contributed by atoms with Gasteiger partial charge in [0.2, 0.25) is 0 Å². The van der Waals surface area contributed by atoms with Crippen LogP contribution in [0.2, 0.25) is 18.1 Å². The van der Waals surface area contributed by atoms with Crippen molar-refractivity contribution in [3.63, 3.8) is 0 Å². The van der Waals surface area contributed by atoms with Gasteiger partial charge >= 0.3 is 0 Å². The molecule has 0 aromatic heterocycles. The molecule has 0 radical (unpaired) electrons. The van der Waals surface area contributed by atoms with Gasteiger partial charge in [0.15, 0.2) is 14.1 Å². The summed E-state index contributed by atoms with van der Waals surface area (Å²) < 4.78 is 13.7. The maximum absolute atomic E-state index is 7.09. The molecule has 2 heterocycles. The van der Waals surface area contributed by atoms with Gasteiger partial charge in [-0.25, -0.2) is 0 Å². The molecule has 2 saturated heterocycles. The molecule has 22 heavy (non-hydrogen) atoms. The second kappa shape index (κ2) is 3.75. The highest BCUT2D eigenvalue weighted by Crippen LogP contribution is 2.77. The molecule has 122 valence electrons. The highest BCUT2D eigenvalue weighted by molar-refractivity contribution is 6.74. The van der Waals surface area contributed by atoms with Crippen molar-refractivity contribution in [3.8, 4) is 0 Å². The number of allylic oxidation sites excluding steroid dienone is 2. The van der Waals surface area contributed by atoms with Crippen LogP contribution in [-0.2, 0) is 9.16 Å². The molecule has 0 N–H and O–H groups in total. The molecular formula is C19H30O2Si. The zero-order chi connectivity index (χ0) is 15.5. The second-order valence-electron chi connectivity index (χ2n) is 10.2. The van der Waals surface area contributed by atoms with Gasteiger partial charge in [0, 0.05) is 11.8 Å². The van der Waals surface area contributed by atoms with E-state index in [1.54, 1.807) is 0 Å². The van der Waals surface area contributed by atoms with Gasteiger partial charge in [-0.05, 0) is 61.1 Å². The molecule has 4 fully saturated rings. The van der Waals surface area contributed by atoms with E-state index in [0.717, 1.165) is 11.8 Å². The number of hydrogen-bond donors (Lipinski definition) is 0. The van der Waals surface area contributed by atoms with Gasteiger partial charge in [-0.15, -0.1) is 0 Å². The molecule has 6 atom stereocenters. The molecule has 1 spiro atoms. The lowest BCUT2D eigenvalue weighted by atomic mass is 9.57. The van der Waals surface area contributed by atoms with E-state index in [0.29, 0.717) is 23.4 Å². The normalized spacial score (nSPS) is 50.1. The average Bonchev–Trinajstić information content (AvgIpc) is 2.82. The van der Waals surface area contributed by atoms with Gasteiger partial charge in [-0.1, -0.05) is 32.9 Å². The number of ether oxygens (including phenoxy) is 1. The van der Waals surface area contributed by atoms with E-state index in [2.05, 4.69) is 46.0 Å². The van der Waals surface area contributed by atoms with Crippen LogP contribution in [0.3, 0.4) is 0 Å². The smallest absolute Gasteiger partial charge is 0.195 e. The maximum atomic E-state index is 7.09. The predicted molar refractivity (Wildman–Crippen MR) is 89.9 cm³/mol. The standard InChI is InChI=1S/C19H30O2Si/c1-17(2,3)22(4,5)21-19-15-10-12(20-19)11-16(19)14-7-6-13(15)18(14)8-9-18/h6-7,12-16H,8-11H2,1-5H3/t12?,13-,14+,15-,16+,19?. The minimum Gasteiger partial charge on any atom is -0.389 e. The number of hydrogen-bond acceptors (Lipinski definition) is 2. The average molecular weight is 319 g/mol. The highest BCUT2D eigenvalue weighted by atomic mass is 28.4. The summed E-state index contributed by atoms with van der Waals surface area (Å²) in [6, 6.07) is 0. The van der Waals surface area contributed by atoms with E-state index in [4.69, 9.17) is 9.16 Å². The summed E-state index contributed by atoms with van der Waals surface area (Å²) in [7, 11) is -1.81. The fraction of sp³-hybridized carbons (Fsp3) is 0.895. The lowest BCUT2D eigenvalue weighted by Gasteiger charge is -2.55. The number of fused-ring (bicyclic) bond motifs is 3. The highest BCUT2D eigenvalue weighted by Gasteiger charge is 2.77. The number of rotatable bonds is 2. The van der Waals surface area contributed by atoms with Crippen molar-refractivity contribution in [3.05, 3.63) is 12.2 Å². The Morgan fingerprint density at radius 3 is 2.05 bits per heavy atom. The Hall–Kier alpha value is -0.123. The van der Waals surface area contributed by atoms with Crippen LogP contribution in [0.15, 0.2) is 12.2 Å². The molecule has 2 aliphatic heterocycles. The predicted octanol–water partition coefficient (Wildman–Crippen LogP) is 4.73. The lowest BCUT2D eigenvalue weighted by Crippen LogP contribution is -2.61. The first-order valence-electron chi connectivity index (χ1n) is 9.26. The van der Waals surface area contributed by atoms with E-state index in [9.17, 15) is 0 Å². The molecule has 4 bridgehead atoms. The van der Waals surface area contributed by atoms with Crippen LogP contribution in [0.5, 0.6) is 0 Å². The summed E-state index contributed by atoms with van der Waals surface area (Å²) in [4.78, 5) is 0. The molecule has 3 aliphatic carbocycles. The minimum absolute atomic E-state index is 0.236. The van der Waals surface area contributed by atoms with Gasteiger partial charge in [0.1, 0.15) is 0 Å². The fourth-order valence-electron chi connectivity index (χ4n) is 6.04. The van der Waals surface area contributed by atoms with Crippen LogP contribution in [-0.4, -0.2) is 20.2 Å². The molecule has 5 aliphatic rings. The van der Waals surface area contributed by atoms with Gasteiger partial charge in [-0.2, -0.15) is 0 Å². The Bertz CT molecular complexity index is 528. The Balaban J connectivity index is 1.56. The summed E-state index contributed by atoms with van der Waals surface area (Å²) in [6.07, 6.45) is 11.0. The van der Waals surface area contributed by atoms with E-state index >= 15 is 0 Å². The summed E-state index contributed by atoms with van der Waals surface area (Å²) >= 11 is 0. The van der Waals surface area contributed by atoms with Crippen molar-refractivity contribution in [2.75, 3.05) is 0 Å². The Morgan fingerprint density at radius 1 is 1.05 bits per heavy atom. The van der Waals surface area contributed by atoms with E-state index < -0.39 is 8.32 Å². The molecule has 2 unspecified atom stereocenters. The lowest BCUT2D eigenvalue weighted by molar-refractivity contribution is -0.230.